The van der Waals surface area contributed by atoms with Crippen molar-refractivity contribution in [2.75, 3.05) is 30.2 Å². The highest BCUT2D eigenvalue weighted by molar-refractivity contribution is 7.14. The van der Waals surface area contributed by atoms with Gasteiger partial charge in [-0.05, 0) is 37.3 Å². The van der Waals surface area contributed by atoms with Gasteiger partial charge < -0.3 is 24.4 Å². The van der Waals surface area contributed by atoms with Crippen LogP contribution in [-0.2, 0) is 4.79 Å². The van der Waals surface area contributed by atoms with Crippen LogP contribution in [0.1, 0.15) is 6.92 Å². The molecule has 0 atom stereocenters. The Kier molecular flexibility index (Phi) is 4.05. The number of likely N-dealkylation sites (N-methyl/N-ethyl adjacent to an activating group) is 1. The molecule has 3 aromatic rings. The Morgan fingerprint density at radius 3 is 2.86 bits per heavy atom. The zero-order valence-corrected chi connectivity index (χ0v) is 15.9. The smallest absolute Gasteiger partial charge is 0.265 e. The van der Waals surface area contributed by atoms with E-state index in [2.05, 4.69) is 10.3 Å². The fourth-order valence-corrected chi connectivity index (χ4v) is 4.01. The van der Waals surface area contributed by atoms with Gasteiger partial charge in [0.1, 0.15) is 5.75 Å². The zero-order valence-electron chi connectivity index (χ0n) is 15.1. The second kappa shape index (κ2) is 6.72. The Balaban J connectivity index is 1.40. The average Bonchev–Trinajstić information content (AvgIpc) is 3.36. The fourth-order valence-electron chi connectivity index (χ4n) is 3.27. The Labute approximate surface area is 165 Å². The first-order valence-corrected chi connectivity index (χ1v) is 9.79. The maximum Gasteiger partial charge on any atom is 0.265 e. The number of amides is 1. The molecular formula is C20H17N3O4S. The second-order valence-electron chi connectivity index (χ2n) is 6.34. The lowest BCUT2D eigenvalue weighted by atomic mass is 10.1. The number of carbonyl (C=O) groups excluding carboxylic acids is 1. The Bertz CT molecular complexity index is 1070. The molecular weight excluding hydrogens is 378 g/mol. The molecule has 1 aromatic heterocycles. The van der Waals surface area contributed by atoms with Gasteiger partial charge in [0.25, 0.3) is 5.91 Å². The number of rotatable bonds is 4. The van der Waals surface area contributed by atoms with Gasteiger partial charge in [-0.1, -0.05) is 0 Å². The number of nitrogens with zero attached hydrogens (tertiary/aromatic N) is 2. The number of anilines is 3. The molecule has 0 bridgehead atoms. The number of aromatic nitrogens is 1. The van der Waals surface area contributed by atoms with Gasteiger partial charge in [-0.3, -0.25) is 4.79 Å². The monoisotopic (exact) mass is 395 g/mol. The van der Waals surface area contributed by atoms with Crippen LogP contribution in [0.2, 0.25) is 0 Å². The summed E-state index contributed by atoms with van der Waals surface area (Å²) in [4.78, 5) is 18.5. The Morgan fingerprint density at radius 1 is 1.11 bits per heavy atom. The summed E-state index contributed by atoms with van der Waals surface area (Å²) in [6.45, 7) is 2.89. The first-order chi connectivity index (χ1) is 13.7. The topological polar surface area (TPSA) is 72.9 Å². The number of carbonyl (C=O) groups is 1. The summed E-state index contributed by atoms with van der Waals surface area (Å²) in [5.41, 5.74) is 3.44. The molecule has 0 saturated carbocycles. The predicted molar refractivity (Wildman–Crippen MR) is 107 cm³/mol. The van der Waals surface area contributed by atoms with E-state index in [9.17, 15) is 4.79 Å². The molecule has 0 unspecified atom stereocenters. The lowest BCUT2D eigenvalue weighted by Gasteiger charge is -2.28. The molecule has 0 radical (unpaired) electrons. The van der Waals surface area contributed by atoms with E-state index >= 15 is 0 Å². The fraction of sp³-hybridized carbons (Fsp3) is 0.200. The summed E-state index contributed by atoms with van der Waals surface area (Å²) in [5, 5.41) is 6.05. The van der Waals surface area contributed by atoms with Crippen LogP contribution >= 0.6 is 11.3 Å². The van der Waals surface area contributed by atoms with Crippen LogP contribution in [0.25, 0.3) is 11.3 Å². The van der Waals surface area contributed by atoms with E-state index in [0.29, 0.717) is 6.54 Å². The van der Waals surface area contributed by atoms with Gasteiger partial charge in [0.05, 0.1) is 11.4 Å². The standard InChI is InChI=1S/C20H17N3O4S/c1-2-23-15-7-12(3-5-16(15)25-9-19(23)24)14-10-28-20(22-14)21-13-4-6-17-18(8-13)27-11-26-17/h3-8,10H,2,9,11H2,1H3,(H,21,22). The number of hydrogen-bond acceptors (Lipinski definition) is 7. The van der Waals surface area contributed by atoms with Crippen molar-refractivity contribution >= 4 is 33.8 Å². The lowest BCUT2D eigenvalue weighted by molar-refractivity contribution is -0.121. The second-order valence-corrected chi connectivity index (χ2v) is 7.20. The predicted octanol–water partition coefficient (Wildman–Crippen LogP) is 4.03. The molecule has 2 aromatic carbocycles. The molecule has 1 N–H and O–H groups in total. The van der Waals surface area contributed by atoms with Gasteiger partial charge in [-0.25, -0.2) is 4.98 Å². The van der Waals surface area contributed by atoms with Crippen LogP contribution in [-0.4, -0.2) is 30.8 Å². The van der Waals surface area contributed by atoms with E-state index in [1.807, 2.05) is 48.7 Å². The first kappa shape index (κ1) is 16.9. The highest BCUT2D eigenvalue weighted by Gasteiger charge is 2.24. The van der Waals surface area contributed by atoms with E-state index in [0.717, 1.165) is 45.0 Å². The SMILES string of the molecule is CCN1C(=O)COc2ccc(-c3csc(Nc4ccc5c(c4)OCO5)n3)cc21. The number of thiazole rings is 1. The van der Waals surface area contributed by atoms with Gasteiger partial charge in [0.2, 0.25) is 6.79 Å². The number of benzene rings is 2. The minimum Gasteiger partial charge on any atom is -0.482 e. The van der Waals surface area contributed by atoms with Crippen LogP contribution in [0.4, 0.5) is 16.5 Å². The van der Waals surface area contributed by atoms with Crippen molar-refractivity contribution in [1.29, 1.82) is 0 Å². The van der Waals surface area contributed by atoms with E-state index in [4.69, 9.17) is 14.2 Å². The van der Waals surface area contributed by atoms with Crippen molar-refractivity contribution in [3.63, 3.8) is 0 Å². The summed E-state index contributed by atoms with van der Waals surface area (Å²) in [5.74, 6) is 2.16. The summed E-state index contributed by atoms with van der Waals surface area (Å²) in [6.07, 6.45) is 0. The summed E-state index contributed by atoms with van der Waals surface area (Å²) >= 11 is 1.51. The van der Waals surface area contributed by atoms with Gasteiger partial charge in [0.15, 0.2) is 23.2 Å². The highest BCUT2D eigenvalue weighted by atomic mass is 32.1. The molecule has 1 amide bonds. The third kappa shape index (κ3) is 2.91. The average molecular weight is 395 g/mol. The van der Waals surface area contributed by atoms with Crippen molar-refractivity contribution in [3.05, 3.63) is 41.8 Å². The molecule has 3 heterocycles. The van der Waals surface area contributed by atoms with Gasteiger partial charge in [-0.2, -0.15) is 0 Å². The normalized spacial score (nSPS) is 14.6. The van der Waals surface area contributed by atoms with Crippen LogP contribution in [0, 0.1) is 0 Å². The van der Waals surface area contributed by atoms with E-state index < -0.39 is 0 Å². The van der Waals surface area contributed by atoms with Crippen LogP contribution in [0.3, 0.4) is 0 Å². The maximum absolute atomic E-state index is 12.1. The summed E-state index contributed by atoms with van der Waals surface area (Å²) < 4.78 is 16.3. The lowest BCUT2D eigenvalue weighted by Crippen LogP contribution is -2.38. The Morgan fingerprint density at radius 2 is 1.96 bits per heavy atom. The van der Waals surface area contributed by atoms with E-state index in [-0.39, 0.29) is 19.3 Å². The molecule has 8 heteroatoms. The van der Waals surface area contributed by atoms with E-state index in [1.54, 1.807) is 4.90 Å². The molecule has 2 aliphatic rings. The first-order valence-electron chi connectivity index (χ1n) is 8.91. The third-order valence-electron chi connectivity index (χ3n) is 4.64. The minimum absolute atomic E-state index is 0.0319. The van der Waals surface area contributed by atoms with Gasteiger partial charge >= 0.3 is 0 Å². The maximum atomic E-state index is 12.1. The molecule has 2 aliphatic heterocycles. The molecule has 0 saturated heterocycles. The zero-order chi connectivity index (χ0) is 19.1. The highest BCUT2D eigenvalue weighted by Crippen LogP contribution is 2.38. The quantitative estimate of drug-likeness (QED) is 0.719. The summed E-state index contributed by atoms with van der Waals surface area (Å²) in [6, 6.07) is 11.5. The third-order valence-corrected chi connectivity index (χ3v) is 5.40. The van der Waals surface area contributed by atoms with Crippen molar-refractivity contribution in [1.82, 2.24) is 4.98 Å². The minimum atomic E-state index is -0.0319. The molecule has 5 rings (SSSR count). The number of fused-ring (bicyclic) bond motifs is 2. The molecule has 7 nitrogen and oxygen atoms in total. The van der Waals surface area contributed by atoms with Crippen LogP contribution < -0.4 is 24.4 Å². The van der Waals surface area contributed by atoms with Crippen LogP contribution in [0.15, 0.2) is 41.8 Å². The molecule has 142 valence electrons. The van der Waals surface area contributed by atoms with Gasteiger partial charge in [0, 0.05) is 29.2 Å². The molecule has 0 fully saturated rings. The van der Waals surface area contributed by atoms with Crippen molar-refractivity contribution < 1.29 is 19.0 Å². The van der Waals surface area contributed by atoms with Gasteiger partial charge in [-0.15, -0.1) is 11.3 Å². The van der Waals surface area contributed by atoms with E-state index in [1.165, 1.54) is 11.3 Å². The summed E-state index contributed by atoms with van der Waals surface area (Å²) in [7, 11) is 0. The number of hydrogen-bond donors (Lipinski definition) is 1. The Hall–Kier alpha value is -3.26. The molecule has 28 heavy (non-hydrogen) atoms. The van der Waals surface area contributed by atoms with Crippen molar-refractivity contribution in [3.8, 4) is 28.5 Å². The largest absolute Gasteiger partial charge is 0.482 e. The number of ether oxygens (including phenoxy) is 3. The molecule has 0 spiro atoms. The van der Waals surface area contributed by atoms with Crippen molar-refractivity contribution in [2.45, 2.75) is 6.92 Å². The van der Waals surface area contributed by atoms with Crippen molar-refractivity contribution in [2.24, 2.45) is 0 Å². The number of nitrogens with one attached hydrogen (secondary N) is 1. The van der Waals surface area contributed by atoms with Crippen LogP contribution in [0.5, 0.6) is 17.2 Å². The molecule has 0 aliphatic carbocycles.